The molecule has 1 N–H and O–H groups in total. The zero-order valence-electron chi connectivity index (χ0n) is 16.2. The fourth-order valence-corrected chi connectivity index (χ4v) is 3.81. The van der Waals surface area contributed by atoms with Crippen LogP contribution in [0.2, 0.25) is 5.02 Å². The molecule has 0 aliphatic rings. The molecule has 3 aromatic carbocycles. The number of rotatable bonds is 7. The summed E-state index contributed by atoms with van der Waals surface area (Å²) in [4.78, 5) is 25.3. The lowest BCUT2D eigenvalue weighted by Gasteiger charge is -2.20. The van der Waals surface area contributed by atoms with E-state index in [2.05, 4.69) is 5.32 Å². The molecule has 30 heavy (non-hydrogen) atoms. The second-order valence-electron chi connectivity index (χ2n) is 6.49. The second kappa shape index (κ2) is 10.2. The summed E-state index contributed by atoms with van der Waals surface area (Å²) in [6.45, 7) is -0.458. The van der Waals surface area contributed by atoms with Gasteiger partial charge in [0.25, 0.3) is 5.91 Å². The lowest BCUT2D eigenvalue weighted by atomic mass is 9.99. The smallest absolute Gasteiger partial charge is 0.339 e. The van der Waals surface area contributed by atoms with Crippen molar-refractivity contribution in [2.75, 3.05) is 12.9 Å². The normalized spacial score (nSPS) is 12.6. The number of amides is 1. The van der Waals surface area contributed by atoms with Crippen LogP contribution in [0.4, 0.5) is 0 Å². The lowest BCUT2D eigenvalue weighted by Crippen LogP contribution is -2.33. The van der Waals surface area contributed by atoms with Gasteiger partial charge >= 0.3 is 5.97 Å². The van der Waals surface area contributed by atoms with Crippen molar-refractivity contribution in [3.05, 3.63) is 101 Å². The predicted octanol–water partition coefficient (Wildman–Crippen LogP) is 4.14. The Hall–Kier alpha value is -2.96. The first kappa shape index (κ1) is 21.7. The number of carbonyl (C=O) groups excluding carboxylic acids is 2. The maximum Gasteiger partial charge on any atom is 0.339 e. The molecule has 0 spiro atoms. The molecule has 5 nitrogen and oxygen atoms in total. The Morgan fingerprint density at radius 2 is 1.53 bits per heavy atom. The van der Waals surface area contributed by atoms with Crippen LogP contribution in [0.15, 0.2) is 83.8 Å². The summed E-state index contributed by atoms with van der Waals surface area (Å²) in [5.74, 6) is -1.15. The van der Waals surface area contributed by atoms with Crippen LogP contribution in [-0.2, 0) is 20.3 Å². The quantitative estimate of drug-likeness (QED) is 0.559. The van der Waals surface area contributed by atoms with Gasteiger partial charge in [0, 0.05) is 11.3 Å². The third-order valence-corrected chi connectivity index (χ3v) is 5.62. The van der Waals surface area contributed by atoms with Crippen LogP contribution in [0.25, 0.3) is 0 Å². The first-order valence-corrected chi connectivity index (χ1v) is 11.1. The van der Waals surface area contributed by atoms with E-state index in [-0.39, 0.29) is 5.56 Å². The molecular formula is C23H20ClNO4S. The average Bonchev–Trinajstić information content (AvgIpc) is 2.77. The standard InChI is InChI=1S/C23H20ClNO4S/c1-30(28)20-10-6-5-9-19(20)23(27)29-15-21(26)25-22(16-7-3-2-4-8-16)17-11-13-18(24)14-12-17/h2-14,22H,15H2,1H3,(H,25,26). The molecule has 0 fully saturated rings. The lowest BCUT2D eigenvalue weighted by molar-refractivity contribution is -0.124. The van der Waals surface area contributed by atoms with Gasteiger partial charge in [-0.2, -0.15) is 0 Å². The van der Waals surface area contributed by atoms with Gasteiger partial charge in [0.2, 0.25) is 0 Å². The molecule has 0 radical (unpaired) electrons. The van der Waals surface area contributed by atoms with E-state index in [0.29, 0.717) is 9.92 Å². The van der Waals surface area contributed by atoms with Crippen LogP contribution >= 0.6 is 11.6 Å². The van der Waals surface area contributed by atoms with Crippen LogP contribution in [0.3, 0.4) is 0 Å². The molecule has 0 aromatic heterocycles. The van der Waals surface area contributed by atoms with E-state index in [9.17, 15) is 13.8 Å². The molecule has 0 heterocycles. The molecular weight excluding hydrogens is 422 g/mol. The van der Waals surface area contributed by atoms with Crippen molar-refractivity contribution in [2.45, 2.75) is 10.9 Å². The van der Waals surface area contributed by atoms with Gasteiger partial charge in [0.15, 0.2) is 6.61 Å². The Bertz CT molecular complexity index is 1050. The van der Waals surface area contributed by atoms with Gasteiger partial charge in [-0.3, -0.25) is 9.00 Å². The van der Waals surface area contributed by atoms with E-state index < -0.39 is 35.3 Å². The van der Waals surface area contributed by atoms with E-state index in [1.54, 1.807) is 30.3 Å². The largest absolute Gasteiger partial charge is 0.452 e. The monoisotopic (exact) mass is 441 g/mol. The molecule has 154 valence electrons. The van der Waals surface area contributed by atoms with Crippen molar-refractivity contribution < 1.29 is 18.5 Å². The first-order valence-electron chi connectivity index (χ1n) is 9.15. The molecule has 0 aliphatic carbocycles. The summed E-state index contributed by atoms with van der Waals surface area (Å²) in [6.07, 6.45) is 1.48. The number of esters is 1. The van der Waals surface area contributed by atoms with Crippen molar-refractivity contribution in [1.29, 1.82) is 0 Å². The van der Waals surface area contributed by atoms with Crippen LogP contribution in [-0.4, -0.2) is 28.9 Å². The molecule has 0 bridgehead atoms. The fraction of sp³-hybridized carbons (Fsp3) is 0.130. The highest BCUT2D eigenvalue weighted by atomic mass is 35.5. The Labute approximate surface area is 182 Å². The Morgan fingerprint density at radius 1 is 0.933 bits per heavy atom. The van der Waals surface area contributed by atoms with Crippen molar-refractivity contribution in [1.82, 2.24) is 5.32 Å². The van der Waals surface area contributed by atoms with Crippen molar-refractivity contribution in [2.24, 2.45) is 0 Å². The minimum absolute atomic E-state index is 0.184. The van der Waals surface area contributed by atoms with Crippen LogP contribution < -0.4 is 5.32 Å². The molecule has 7 heteroatoms. The summed E-state index contributed by atoms with van der Waals surface area (Å²) in [5.41, 5.74) is 1.91. The van der Waals surface area contributed by atoms with Gasteiger partial charge in [0.1, 0.15) is 0 Å². The minimum Gasteiger partial charge on any atom is -0.452 e. The summed E-state index contributed by atoms with van der Waals surface area (Å²) in [7, 11) is -1.35. The maximum absolute atomic E-state index is 12.5. The predicted molar refractivity (Wildman–Crippen MR) is 117 cm³/mol. The van der Waals surface area contributed by atoms with Crippen molar-refractivity contribution in [3.8, 4) is 0 Å². The summed E-state index contributed by atoms with van der Waals surface area (Å²) in [5, 5.41) is 3.49. The number of halogens is 1. The van der Waals surface area contributed by atoms with Crippen LogP contribution in [0.1, 0.15) is 27.5 Å². The van der Waals surface area contributed by atoms with E-state index >= 15 is 0 Å². The number of hydrogen-bond acceptors (Lipinski definition) is 4. The molecule has 0 aliphatic heterocycles. The minimum atomic E-state index is -1.35. The first-order chi connectivity index (χ1) is 14.5. The van der Waals surface area contributed by atoms with Gasteiger partial charge < -0.3 is 10.1 Å². The van der Waals surface area contributed by atoms with E-state index in [4.69, 9.17) is 16.3 Å². The number of benzene rings is 3. The summed E-state index contributed by atoms with van der Waals surface area (Å²) in [6, 6.07) is 22.7. The molecule has 1 amide bonds. The highest BCUT2D eigenvalue weighted by molar-refractivity contribution is 7.84. The maximum atomic E-state index is 12.5. The highest BCUT2D eigenvalue weighted by Gasteiger charge is 2.19. The zero-order valence-corrected chi connectivity index (χ0v) is 17.8. The fourth-order valence-electron chi connectivity index (χ4n) is 2.96. The molecule has 3 rings (SSSR count). The Balaban J connectivity index is 1.72. The van der Waals surface area contributed by atoms with Gasteiger partial charge in [0.05, 0.1) is 27.3 Å². The van der Waals surface area contributed by atoms with Gasteiger partial charge in [-0.1, -0.05) is 66.2 Å². The van der Waals surface area contributed by atoms with E-state index in [1.807, 2.05) is 42.5 Å². The molecule has 0 saturated heterocycles. The van der Waals surface area contributed by atoms with Crippen LogP contribution in [0, 0.1) is 0 Å². The van der Waals surface area contributed by atoms with E-state index in [1.165, 1.54) is 12.3 Å². The number of nitrogens with one attached hydrogen (secondary N) is 1. The molecule has 2 atom stereocenters. The number of hydrogen-bond donors (Lipinski definition) is 1. The summed E-state index contributed by atoms with van der Waals surface area (Å²) < 4.78 is 17.0. The van der Waals surface area contributed by atoms with E-state index in [0.717, 1.165) is 11.1 Å². The van der Waals surface area contributed by atoms with Crippen LogP contribution in [0.5, 0.6) is 0 Å². The number of carbonyl (C=O) groups is 2. The molecule has 0 saturated carbocycles. The SMILES string of the molecule is CS(=O)c1ccccc1C(=O)OCC(=O)NC(c1ccccc1)c1ccc(Cl)cc1. The third kappa shape index (κ3) is 5.55. The van der Waals surface area contributed by atoms with Gasteiger partial charge in [-0.05, 0) is 35.4 Å². The third-order valence-electron chi connectivity index (χ3n) is 4.39. The topological polar surface area (TPSA) is 72.5 Å². The summed E-state index contributed by atoms with van der Waals surface area (Å²) >= 11 is 5.98. The van der Waals surface area contributed by atoms with Crippen molar-refractivity contribution >= 4 is 34.3 Å². The average molecular weight is 442 g/mol. The van der Waals surface area contributed by atoms with Gasteiger partial charge in [-0.15, -0.1) is 0 Å². The zero-order chi connectivity index (χ0) is 21.5. The molecule has 3 aromatic rings. The second-order valence-corrected chi connectivity index (χ2v) is 8.27. The highest BCUT2D eigenvalue weighted by Crippen LogP contribution is 2.23. The number of ether oxygens (including phenoxy) is 1. The Kier molecular flexibility index (Phi) is 7.38. The Morgan fingerprint density at radius 3 is 2.20 bits per heavy atom. The molecule has 2 unspecified atom stereocenters. The van der Waals surface area contributed by atoms with Crippen molar-refractivity contribution in [3.63, 3.8) is 0 Å². The van der Waals surface area contributed by atoms with Gasteiger partial charge in [-0.25, -0.2) is 4.79 Å².